The van der Waals surface area contributed by atoms with Crippen molar-refractivity contribution in [2.75, 3.05) is 12.5 Å². The molecular weight excluding hydrogens is 392 g/mol. The van der Waals surface area contributed by atoms with Crippen LogP contribution in [0.3, 0.4) is 0 Å². The van der Waals surface area contributed by atoms with Gasteiger partial charge in [0.25, 0.3) is 5.69 Å². The van der Waals surface area contributed by atoms with Crippen LogP contribution in [-0.4, -0.2) is 27.8 Å². The van der Waals surface area contributed by atoms with Gasteiger partial charge in [-0.25, -0.2) is 0 Å². The molecule has 10 heteroatoms. The Hall–Kier alpha value is -4.47. The number of nitro benzene ring substituents is 2. The molecular formula is C20H16N4O6. The molecule has 0 unspecified atom stereocenters. The zero-order valence-corrected chi connectivity index (χ0v) is 15.7. The molecule has 152 valence electrons. The summed E-state index contributed by atoms with van der Waals surface area (Å²) in [5.41, 5.74) is 3.50. The standard InChI is InChI=1S/C20H16N4O6/c1-30-17-9-4-14(5-10-17)20(13-2-7-16(25)8-3-13)22-21-18-11-6-15(23(26)27)12-19(18)24(28)29/h2-12,21,25H,1H3/b22-20+. The molecule has 0 aliphatic carbocycles. The van der Waals surface area contributed by atoms with Gasteiger partial charge in [0.1, 0.15) is 17.2 Å². The minimum atomic E-state index is -0.724. The lowest BCUT2D eigenvalue weighted by Gasteiger charge is -2.10. The average Bonchev–Trinajstić information content (AvgIpc) is 2.75. The highest BCUT2D eigenvalue weighted by Crippen LogP contribution is 2.29. The molecule has 0 fully saturated rings. The number of nitro groups is 2. The van der Waals surface area contributed by atoms with E-state index in [1.165, 1.54) is 18.2 Å². The van der Waals surface area contributed by atoms with Gasteiger partial charge in [0, 0.05) is 17.2 Å². The van der Waals surface area contributed by atoms with E-state index in [2.05, 4.69) is 10.5 Å². The first-order valence-corrected chi connectivity index (χ1v) is 8.59. The number of non-ortho nitro benzene ring substituents is 1. The lowest BCUT2D eigenvalue weighted by Crippen LogP contribution is -2.07. The summed E-state index contributed by atoms with van der Waals surface area (Å²) in [5, 5.41) is 36.1. The number of methoxy groups -OCH3 is 1. The van der Waals surface area contributed by atoms with E-state index in [4.69, 9.17) is 4.74 Å². The van der Waals surface area contributed by atoms with Crippen molar-refractivity contribution in [2.24, 2.45) is 5.10 Å². The van der Waals surface area contributed by atoms with E-state index in [0.717, 1.165) is 12.1 Å². The van der Waals surface area contributed by atoms with Gasteiger partial charge in [-0.05, 0) is 54.6 Å². The second kappa shape index (κ2) is 8.69. The summed E-state index contributed by atoms with van der Waals surface area (Å²) in [6.45, 7) is 0. The topological polar surface area (TPSA) is 140 Å². The second-order valence-corrected chi connectivity index (χ2v) is 6.06. The summed E-state index contributed by atoms with van der Waals surface area (Å²) in [7, 11) is 1.54. The van der Waals surface area contributed by atoms with Crippen LogP contribution in [-0.2, 0) is 0 Å². The molecule has 0 spiro atoms. The van der Waals surface area contributed by atoms with Gasteiger partial charge in [0.15, 0.2) is 0 Å². The smallest absolute Gasteiger partial charge is 0.301 e. The predicted octanol–water partition coefficient (Wildman–Crippen LogP) is 4.08. The largest absolute Gasteiger partial charge is 0.508 e. The van der Waals surface area contributed by atoms with Crippen LogP contribution in [0.5, 0.6) is 11.5 Å². The quantitative estimate of drug-likeness (QED) is 0.341. The molecule has 0 amide bonds. The van der Waals surface area contributed by atoms with Crippen LogP contribution in [0, 0.1) is 20.2 Å². The Morgan fingerprint density at radius 3 is 2.07 bits per heavy atom. The fraction of sp³-hybridized carbons (Fsp3) is 0.0500. The fourth-order valence-corrected chi connectivity index (χ4v) is 2.66. The van der Waals surface area contributed by atoms with Gasteiger partial charge >= 0.3 is 5.69 Å². The number of hydrazone groups is 1. The van der Waals surface area contributed by atoms with Crippen LogP contribution in [0.2, 0.25) is 0 Å². The van der Waals surface area contributed by atoms with E-state index in [1.807, 2.05) is 0 Å². The molecule has 2 N–H and O–H groups in total. The van der Waals surface area contributed by atoms with Crippen molar-refractivity contribution in [2.45, 2.75) is 0 Å². The number of anilines is 1. The fourth-order valence-electron chi connectivity index (χ4n) is 2.66. The maximum atomic E-state index is 11.3. The molecule has 30 heavy (non-hydrogen) atoms. The van der Waals surface area contributed by atoms with E-state index in [9.17, 15) is 25.3 Å². The van der Waals surface area contributed by atoms with Crippen molar-refractivity contribution in [1.82, 2.24) is 0 Å². The molecule has 0 heterocycles. The third kappa shape index (κ3) is 4.50. The highest BCUT2D eigenvalue weighted by molar-refractivity contribution is 6.13. The number of rotatable bonds is 7. The molecule has 0 saturated heterocycles. The van der Waals surface area contributed by atoms with Crippen molar-refractivity contribution in [1.29, 1.82) is 0 Å². The van der Waals surface area contributed by atoms with E-state index < -0.39 is 21.2 Å². The number of hydrogen-bond donors (Lipinski definition) is 2. The van der Waals surface area contributed by atoms with Gasteiger partial charge in [-0.2, -0.15) is 5.10 Å². The first kappa shape index (κ1) is 20.3. The number of aromatic hydroxyl groups is 1. The van der Waals surface area contributed by atoms with E-state index in [-0.39, 0.29) is 11.4 Å². The summed E-state index contributed by atoms with van der Waals surface area (Å²) < 4.78 is 5.15. The zero-order chi connectivity index (χ0) is 21.7. The van der Waals surface area contributed by atoms with Gasteiger partial charge in [-0.1, -0.05) is 0 Å². The number of nitrogens with zero attached hydrogens (tertiary/aromatic N) is 3. The summed E-state index contributed by atoms with van der Waals surface area (Å²) in [4.78, 5) is 20.8. The maximum absolute atomic E-state index is 11.3. The zero-order valence-electron chi connectivity index (χ0n) is 15.7. The molecule has 0 radical (unpaired) electrons. The second-order valence-electron chi connectivity index (χ2n) is 6.06. The van der Waals surface area contributed by atoms with Gasteiger partial charge < -0.3 is 9.84 Å². The first-order chi connectivity index (χ1) is 14.4. The predicted molar refractivity (Wildman–Crippen MR) is 110 cm³/mol. The summed E-state index contributed by atoms with van der Waals surface area (Å²) in [6.07, 6.45) is 0. The van der Waals surface area contributed by atoms with Crippen molar-refractivity contribution >= 4 is 22.8 Å². The van der Waals surface area contributed by atoms with Crippen molar-refractivity contribution < 1.29 is 19.7 Å². The third-order valence-corrected chi connectivity index (χ3v) is 4.18. The Morgan fingerprint density at radius 1 is 0.933 bits per heavy atom. The van der Waals surface area contributed by atoms with Crippen LogP contribution in [0.4, 0.5) is 17.1 Å². The monoisotopic (exact) mass is 408 g/mol. The molecule has 3 aromatic rings. The van der Waals surface area contributed by atoms with Crippen LogP contribution >= 0.6 is 0 Å². The number of benzene rings is 3. The molecule has 0 bridgehead atoms. The van der Waals surface area contributed by atoms with Crippen LogP contribution in [0.25, 0.3) is 0 Å². The first-order valence-electron chi connectivity index (χ1n) is 8.59. The molecule has 0 aromatic heterocycles. The van der Waals surface area contributed by atoms with Gasteiger partial charge in [0.05, 0.1) is 28.7 Å². The molecule has 3 rings (SSSR count). The SMILES string of the molecule is COc1ccc(/C(=N/Nc2ccc([N+](=O)[O-])cc2[N+](=O)[O-])c2ccc(O)cc2)cc1. The number of phenolic OH excluding ortho intramolecular Hbond substituents is 1. The Kier molecular flexibility index (Phi) is 5.87. The Morgan fingerprint density at radius 2 is 1.53 bits per heavy atom. The van der Waals surface area contributed by atoms with Crippen LogP contribution < -0.4 is 10.2 Å². The lowest BCUT2D eigenvalue weighted by atomic mass is 10.0. The minimum absolute atomic E-state index is 0.00427. The number of hydrogen-bond acceptors (Lipinski definition) is 8. The summed E-state index contributed by atoms with van der Waals surface area (Å²) in [5.74, 6) is 0.717. The molecule has 0 saturated carbocycles. The average molecular weight is 408 g/mol. The highest BCUT2D eigenvalue weighted by Gasteiger charge is 2.19. The van der Waals surface area contributed by atoms with Gasteiger partial charge in [0.2, 0.25) is 0 Å². The number of nitrogens with one attached hydrogen (secondary N) is 1. The van der Waals surface area contributed by atoms with E-state index >= 15 is 0 Å². The molecule has 0 aliphatic rings. The van der Waals surface area contributed by atoms with Crippen LogP contribution in [0.15, 0.2) is 71.8 Å². The Labute approximate surface area is 170 Å². The Balaban J connectivity index is 2.04. The molecule has 0 aliphatic heterocycles. The third-order valence-electron chi connectivity index (χ3n) is 4.18. The summed E-state index contributed by atoms with van der Waals surface area (Å²) >= 11 is 0. The molecule has 3 aromatic carbocycles. The van der Waals surface area contributed by atoms with Gasteiger partial charge in [-0.3, -0.25) is 25.7 Å². The van der Waals surface area contributed by atoms with Crippen LogP contribution in [0.1, 0.15) is 11.1 Å². The summed E-state index contributed by atoms with van der Waals surface area (Å²) in [6, 6.07) is 16.5. The van der Waals surface area contributed by atoms with Crippen molar-refractivity contribution in [3.05, 3.63) is 98.1 Å². The number of phenols is 1. The highest BCUT2D eigenvalue weighted by atomic mass is 16.6. The minimum Gasteiger partial charge on any atom is -0.508 e. The van der Waals surface area contributed by atoms with Crippen molar-refractivity contribution in [3.8, 4) is 11.5 Å². The number of ether oxygens (including phenoxy) is 1. The van der Waals surface area contributed by atoms with Gasteiger partial charge in [-0.15, -0.1) is 0 Å². The van der Waals surface area contributed by atoms with E-state index in [0.29, 0.717) is 22.6 Å². The molecule has 0 atom stereocenters. The normalized spacial score (nSPS) is 11.0. The van der Waals surface area contributed by atoms with Crippen molar-refractivity contribution in [3.63, 3.8) is 0 Å². The van der Waals surface area contributed by atoms with E-state index in [1.54, 1.807) is 43.5 Å². The molecule has 10 nitrogen and oxygen atoms in total. The lowest BCUT2D eigenvalue weighted by molar-refractivity contribution is -0.393. The maximum Gasteiger partial charge on any atom is 0.301 e. The Bertz CT molecular complexity index is 1110.